The summed E-state index contributed by atoms with van der Waals surface area (Å²) in [7, 11) is -4.64. The summed E-state index contributed by atoms with van der Waals surface area (Å²) in [6.07, 6.45) is -3.94. The first-order valence-electron chi connectivity index (χ1n) is 6.49. The third-order valence-electron chi connectivity index (χ3n) is 3.05. The highest BCUT2D eigenvalue weighted by atomic mass is 32.2. The van der Waals surface area contributed by atoms with Gasteiger partial charge in [-0.2, -0.15) is 13.2 Å². The first kappa shape index (κ1) is 17.2. The fourth-order valence-corrected chi connectivity index (χ4v) is 3.43. The lowest BCUT2D eigenvalue weighted by Gasteiger charge is -2.19. The number of hydrogen-bond donors (Lipinski definition) is 0. The van der Waals surface area contributed by atoms with Crippen LogP contribution in [-0.4, -0.2) is 14.6 Å². The molecule has 0 saturated carbocycles. The van der Waals surface area contributed by atoms with Gasteiger partial charge in [0.2, 0.25) is 0 Å². The van der Waals surface area contributed by atoms with E-state index >= 15 is 0 Å². The van der Waals surface area contributed by atoms with Crippen molar-refractivity contribution >= 4 is 15.9 Å². The molecule has 122 valence electrons. The zero-order valence-corrected chi connectivity index (χ0v) is 12.5. The quantitative estimate of drug-likeness (QED) is 0.765. The van der Waals surface area contributed by atoms with Gasteiger partial charge >= 0.3 is 6.18 Å². The molecule has 0 bridgehead atoms. The normalized spacial score (nSPS) is 14.1. The van der Waals surface area contributed by atoms with Crippen molar-refractivity contribution in [2.75, 3.05) is 0 Å². The smallest absolute Gasteiger partial charge is 0.223 e. The fourth-order valence-electron chi connectivity index (χ4n) is 2.02. The molecule has 0 heterocycles. The van der Waals surface area contributed by atoms with Crippen molar-refractivity contribution < 1.29 is 26.0 Å². The molecule has 2 aromatic carbocycles. The minimum atomic E-state index is -4.95. The summed E-state index contributed by atoms with van der Waals surface area (Å²) in [4.78, 5) is 0. The summed E-state index contributed by atoms with van der Waals surface area (Å²) >= 11 is 0. The lowest BCUT2D eigenvalue weighted by molar-refractivity contribution is -0.131. The number of sulfone groups is 1. The van der Waals surface area contributed by atoms with Crippen molar-refractivity contribution in [3.05, 3.63) is 76.9 Å². The first-order chi connectivity index (χ1) is 10.7. The van der Waals surface area contributed by atoms with Gasteiger partial charge in [0.05, 0.1) is 0 Å². The van der Waals surface area contributed by atoms with E-state index in [-0.39, 0.29) is 11.1 Å². The van der Waals surface area contributed by atoms with Crippen LogP contribution in [0.1, 0.15) is 16.4 Å². The number of hydrogen-bond acceptors (Lipinski definition) is 2. The maximum Gasteiger partial charge on any atom is 0.409 e. The average Bonchev–Trinajstić information content (AvgIpc) is 2.46. The molecule has 0 aliphatic heterocycles. The number of halogens is 4. The number of alkyl halides is 3. The van der Waals surface area contributed by atoms with Crippen molar-refractivity contribution in [2.45, 2.75) is 11.4 Å². The predicted molar refractivity (Wildman–Crippen MR) is 79.6 cm³/mol. The Morgan fingerprint density at radius 2 is 1.48 bits per heavy atom. The first-order valence-corrected chi connectivity index (χ1v) is 8.10. The molecule has 0 fully saturated rings. The van der Waals surface area contributed by atoms with Gasteiger partial charge in [-0.3, -0.25) is 0 Å². The molecule has 0 radical (unpaired) electrons. The van der Waals surface area contributed by atoms with Gasteiger partial charge in [0.1, 0.15) is 5.82 Å². The van der Waals surface area contributed by atoms with E-state index in [1.807, 2.05) is 0 Å². The van der Waals surface area contributed by atoms with Crippen molar-refractivity contribution in [3.63, 3.8) is 0 Å². The maximum atomic E-state index is 13.2. The van der Waals surface area contributed by atoms with Crippen molar-refractivity contribution in [3.8, 4) is 0 Å². The zero-order valence-electron chi connectivity index (χ0n) is 11.7. The minimum Gasteiger partial charge on any atom is -0.223 e. The lowest BCUT2D eigenvalue weighted by atomic mass is 10.1. The van der Waals surface area contributed by atoms with Gasteiger partial charge in [-0.15, -0.1) is 0 Å². The van der Waals surface area contributed by atoms with Crippen LogP contribution in [0.3, 0.4) is 0 Å². The van der Waals surface area contributed by atoms with Gasteiger partial charge in [0.25, 0.3) is 0 Å². The Kier molecular flexibility index (Phi) is 4.89. The van der Waals surface area contributed by atoms with E-state index in [9.17, 15) is 26.0 Å². The third kappa shape index (κ3) is 4.41. The van der Waals surface area contributed by atoms with Crippen LogP contribution in [0, 0.1) is 5.82 Å². The number of benzene rings is 2. The van der Waals surface area contributed by atoms with Gasteiger partial charge < -0.3 is 0 Å². The molecule has 2 aromatic rings. The molecule has 7 heteroatoms. The average molecular weight is 344 g/mol. The van der Waals surface area contributed by atoms with Gasteiger partial charge in [-0.25, -0.2) is 12.8 Å². The molecule has 0 N–H and O–H groups in total. The summed E-state index contributed by atoms with van der Waals surface area (Å²) < 4.78 is 76.7. The summed E-state index contributed by atoms with van der Waals surface area (Å²) in [5.41, 5.74) is -0.0762. The molecule has 0 aromatic heterocycles. The molecule has 0 saturated heterocycles. The highest BCUT2D eigenvalue weighted by Gasteiger charge is 2.48. The molecular formula is C16H12F4O2S. The molecule has 0 amide bonds. The summed E-state index contributed by atoms with van der Waals surface area (Å²) in [5, 5.41) is -2.14. The van der Waals surface area contributed by atoms with Crippen molar-refractivity contribution in [1.29, 1.82) is 0 Å². The van der Waals surface area contributed by atoms with Crippen LogP contribution in [0.25, 0.3) is 6.08 Å². The molecule has 0 aliphatic carbocycles. The molecule has 0 spiro atoms. The largest absolute Gasteiger partial charge is 0.409 e. The fraction of sp³-hybridized carbons (Fsp3) is 0.125. The van der Waals surface area contributed by atoms with Gasteiger partial charge in [0, 0.05) is 5.41 Å². The number of rotatable bonds is 4. The Hall–Kier alpha value is -2.15. The Morgan fingerprint density at radius 3 is 2.00 bits per heavy atom. The minimum absolute atomic E-state index is 0.281. The SMILES string of the molecule is O=S(=O)(/C=C/c1ccc(F)cc1)C(c1ccccc1)C(F)(F)F. The summed E-state index contributed by atoms with van der Waals surface area (Å²) in [6.45, 7) is 0. The van der Waals surface area contributed by atoms with Gasteiger partial charge in [-0.1, -0.05) is 42.5 Å². The van der Waals surface area contributed by atoms with Crippen molar-refractivity contribution in [1.82, 2.24) is 0 Å². The Bertz CT molecular complexity index is 779. The summed E-state index contributed by atoms with van der Waals surface area (Å²) in [6, 6.07) is 11.1. The van der Waals surface area contributed by atoms with E-state index in [1.165, 1.54) is 30.3 Å². The van der Waals surface area contributed by atoms with E-state index in [0.717, 1.165) is 30.3 Å². The Labute approximate surface area is 131 Å². The molecule has 1 atom stereocenters. The third-order valence-corrected chi connectivity index (χ3v) is 4.76. The topological polar surface area (TPSA) is 34.1 Å². The predicted octanol–water partition coefficient (Wildman–Crippen LogP) is 4.51. The lowest BCUT2D eigenvalue weighted by Crippen LogP contribution is -2.27. The molecule has 2 rings (SSSR count). The monoisotopic (exact) mass is 344 g/mol. The van der Waals surface area contributed by atoms with Crippen LogP contribution < -0.4 is 0 Å². The highest BCUT2D eigenvalue weighted by Crippen LogP contribution is 2.40. The van der Waals surface area contributed by atoms with Crippen LogP contribution in [0.2, 0.25) is 0 Å². The second-order valence-corrected chi connectivity index (χ2v) is 6.70. The second kappa shape index (κ2) is 6.54. The van der Waals surface area contributed by atoms with Gasteiger partial charge in [-0.05, 0) is 29.3 Å². The molecule has 1 unspecified atom stereocenters. The van der Waals surface area contributed by atoms with E-state index in [0.29, 0.717) is 5.41 Å². The van der Waals surface area contributed by atoms with Crippen molar-refractivity contribution in [2.24, 2.45) is 0 Å². The van der Waals surface area contributed by atoms with Gasteiger partial charge in [0.15, 0.2) is 15.1 Å². The summed E-state index contributed by atoms with van der Waals surface area (Å²) in [5.74, 6) is -0.525. The maximum absolute atomic E-state index is 13.2. The second-order valence-electron chi connectivity index (χ2n) is 4.78. The molecule has 2 nitrogen and oxygen atoms in total. The molecule has 0 aliphatic rings. The zero-order chi connectivity index (χ0) is 17.1. The van der Waals surface area contributed by atoms with Crippen LogP contribution in [0.15, 0.2) is 60.0 Å². The molecule has 23 heavy (non-hydrogen) atoms. The van der Waals surface area contributed by atoms with E-state index in [1.54, 1.807) is 0 Å². The van der Waals surface area contributed by atoms with Crippen LogP contribution in [0.5, 0.6) is 0 Å². The Morgan fingerprint density at radius 1 is 0.913 bits per heavy atom. The highest BCUT2D eigenvalue weighted by molar-refractivity contribution is 7.94. The molecular weight excluding hydrogens is 332 g/mol. The Balaban J connectivity index is 2.39. The van der Waals surface area contributed by atoms with E-state index < -0.39 is 27.1 Å². The van der Waals surface area contributed by atoms with Crippen LogP contribution in [-0.2, 0) is 9.84 Å². The van der Waals surface area contributed by atoms with Crippen LogP contribution >= 0.6 is 0 Å². The van der Waals surface area contributed by atoms with E-state index in [4.69, 9.17) is 0 Å². The van der Waals surface area contributed by atoms with E-state index in [2.05, 4.69) is 0 Å². The standard InChI is InChI=1S/C16H12F4O2S/c17-14-8-6-12(7-9-14)10-11-23(21,22)15(16(18,19)20)13-4-2-1-3-5-13/h1-11,15H/b11-10+. The van der Waals surface area contributed by atoms with Crippen LogP contribution in [0.4, 0.5) is 17.6 Å².